The summed E-state index contributed by atoms with van der Waals surface area (Å²) in [6.07, 6.45) is 3.57. The van der Waals surface area contributed by atoms with Gasteiger partial charge in [-0.3, -0.25) is 4.98 Å². The van der Waals surface area contributed by atoms with E-state index in [-0.39, 0.29) is 0 Å². The van der Waals surface area contributed by atoms with Crippen molar-refractivity contribution in [3.05, 3.63) is 42.2 Å². The number of rotatable bonds is 1. The second kappa shape index (κ2) is 3.31. The first-order valence-corrected chi connectivity index (χ1v) is 5.25. The third-order valence-corrected chi connectivity index (χ3v) is 2.96. The van der Waals surface area contributed by atoms with E-state index < -0.39 is 5.97 Å². The largest absolute Gasteiger partial charge is 0.478 e. The number of aromatic carboxylic acids is 1. The molecular weight excluding hydrogens is 216 g/mol. The minimum absolute atomic E-state index is 0.333. The van der Waals surface area contributed by atoms with E-state index in [4.69, 9.17) is 0 Å². The molecule has 0 fully saturated rings. The standard InChI is InChI=1S/C13H10N2O2/c1-15-7-3-5-9-10(13(16)17)8-4-2-6-14-11(8)12(9)15/h2-7H,1H3,(H,16,17). The number of aryl methyl sites for hydroxylation is 1. The van der Waals surface area contributed by atoms with Crippen LogP contribution < -0.4 is 0 Å². The van der Waals surface area contributed by atoms with Gasteiger partial charge in [0, 0.05) is 30.4 Å². The highest BCUT2D eigenvalue weighted by molar-refractivity contribution is 6.15. The summed E-state index contributed by atoms with van der Waals surface area (Å²) in [5, 5.41) is 10.0. The van der Waals surface area contributed by atoms with E-state index in [1.165, 1.54) is 0 Å². The maximum absolute atomic E-state index is 11.4. The molecule has 2 heterocycles. The maximum atomic E-state index is 11.4. The molecule has 1 aromatic rings. The van der Waals surface area contributed by atoms with Crippen molar-refractivity contribution in [3.63, 3.8) is 0 Å². The van der Waals surface area contributed by atoms with Crippen molar-refractivity contribution in [1.29, 1.82) is 0 Å². The molecule has 0 amide bonds. The van der Waals surface area contributed by atoms with Crippen molar-refractivity contribution in [2.45, 2.75) is 0 Å². The van der Waals surface area contributed by atoms with Crippen LogP contribution in [-0.2, 0) is 7.05 Å². The van der Waals surface area contributed by atoms with Gasteiger partial charge in [-0.2, -0.15) is 0 Å². The van der Waals surface area contributed by atoms with E-state index in [0.717, 1.165) is 16.8 Å². The van der Waals surface area contributed by atoms with Crippen LogP contribution in [0.5, 0.6) is 0 Å². The molecule has 0 unspecified atom stereocenters. The lowest BCUT2D eigenvalue weighted by Crippen LogP contribution is -1.99. The molecule has 0 saturated carbocycles. The van der Waals surface area contributed by atoms with Crippen molar-refractivity contribution < 1.29 is 9.90 Å². The van der Waals surface area contributed by atoms with Crippen LogP contribution in [0.15, 0.2) is 36.7 Å². The van der Waals surface area contributed by atoms with Gasteiger partial charge in [0.2, 0.25) is 0 Å². The molecule has 0 atom stereocenters. The Bertz CT molecular complexity index is 700. The molecule has 17 heavy (non-hydrogen) atoms. The van der Waals surface area contributed by atoms with Gasteiger partial charge >= 0.3 is 5.97 Å². The third kappa shape index (κ3) is 1.24. The monoisotopic (exact) mass is 226 g/mol. The SMILES string of the molecule is Cn1cccc2c(C(=O)O)c3cccnc3c1-2. The molecule has 1 aliphatic carbocycles. The molecule has 0 spiro atoms. The number of pyridine rings is 2. The lowest BCUT2D eigenvalue weighted by Gasteiger charge is -2.07. The summed E-state index contributed by atoms with van der Waals surface area (Å²) in [4.78, 5) is 15.7. The van der Waals surface area contributed by atoms with Crippen LogP contribution in [0.4, 0.5) is 0 Å². The lowest BCUT2D eigenvalue weighted by molar-refractivity contribution is 0.0700. The number of hydrogen-bond acceptors (Lipinski definition) is 2. The van der Waals surface area contributed by atoms with Crippen LogP contribution in [0.2, 0.25) is 0 Å². The fourth-order valence-electron chi connectivity index (χ4n) is 2.28. The van der Waals surface area contributed by atoms with E-state index in [9.17, 15) is 9.90 Å². The quantitative estimate of drug-likeness (QED) is 0.693. The van der Waals surface area contributed by atoms with E-state index in [1.807, 2.05) is 29.9 Å². The number of carboxylic acid groups (broad SMARTS) is 1. The van der Waals surface area contributed by atoms with Crippen LogP contribution in [0, 0.1) is 0 Å². The van der Waals surface area contributed by atoms with E-state index in [0.29, 0.717) is 10.9 Å². The molecule has 1 aliphatic heterocycles. The van der Waals surface area contributed by atoms with Crippen LogP contribution in [0.25, 0.3) is 22.2 Å². The Morgan fingerprint density at radius 2 is 2.18 bits per heavy atom. The topological polar surface area (TPSA) is 55.1 Å². The molecule has 2 aliphatic rings. The Balaban J connectivity index is 2.60. The highest BCUT2D eigenvalue weighted by Gasteiger charge is 2.23. The van der Waals surface area contributed by atoms with Gasteiger partial charge in [-0.1, -0.05) is 12.1 Å². The van der Waals surface area contributed by atoms with Gasteiger partial charge in [0.25, 0.3) is 0 Å². The van der Waals surface area contributed by atoms with E-state index >= 15 is 0 Å². The first-order valence-electron chi connectivity index (χ1n) is 5.25. The Morgan fingerprint density at radius 1 is 1.35 bits per heavy atom. The van der Waals surface area contributed by atoms with Gasteiger partial charge in [-0.05, 0) is 12.1 Å². The van der Waals surface area contributed by atoms with Gasteiger partial charge in [0.1, 0.15) is 0 Å². The summed E-state index contributed by atoms with van der Waals surface area (Å²) in [6.45, 7) is 0. The highest BCUT2D eigenvalue weighted by atomic mass is 16.4. The lowest BCUT2D eigenvalue weighted by atomic mass is 10.1. The number of nitrogens with zero attached hydrogens (tertiary/aromatic N) is 2. The molecule has 1 N–H and O–H groups in total. The molecule has 0 saturated heterocycles. The Labute approximate surface area is 97.5 Å². The van der Waals surface area contributed by atoms with E-state index in [2.05, 4.69) is 4.98 Å². The van der Waals surface area contributed by atoms with Crippen LogP contribution >= 0.6 is 0 Å². The average molecular weight is 226 g/mol. The molecule has 1 aromatic heterocycles. The summed E-state index contributed by atoms with van der Waals surface area (Å²) in [5.41, 5.74) is 2.67. The first-order chi connectivity index (χ1) is 8.20. The van der Waals surface area contributed by atoms with Gasteiger partial charge in [0.15, 0.2) is 0 Å². The molecule has 0 aromatic carbocycles. The highest BCUT2D eigenvalue weighted by Crippen LogP contribution is 2.36. The fraction of sp³-hybridized carbons (Fsp3) is 0.0769. The maximum Gasteiger partial charge on any atom is 0.337 e. The van der Waals surface area contributed by atoms with Gasteiger partial charge in [-0.15, -0.1) is 0 Å². The molecule has 4 heteroatoms. The second-order valence-corrected chi connectivity index (χ2v) is 3.96. The van der Waals surface area contributed by atoms with Crippen molar-refractivity contribution in [2.24, 2.45) is 7.05 Å². The Hall–Kier alpha value is -2.36. The Kier molecular flexibility index (Phi) is 1.92. The zero-order valence-corrected chi connectivity index (χ0v) is 9.21. The number of aromatic nitrogens is 2. The minimum atomic E-state index is -0.913. The second-order valence-electron chi connectivity index (χ2n) is 3.96. The molecule has 4 nitrogen and oxygen atoms in total. The van der Waals surface area contributed by atoms with E-state index in [1.54, 1.807) is 18.3 Å². The number of hydrogen-bond donors (Lipinski definition) is 1. The summed E-state index contributed by atoms with van der Waals surface area (Å²) in [6, 6.07) is 7.22. The minimum Gasteiger partial charge on any atom is -0.478 e. The number of carbonyl (C=O) groups is 1. The predicted octanol–water partition coefficient (Wildman–Crippen LogP) is 2.38. The Morgan fingerprint density at radius 3 is 2.94 bits per heavy atom. The fourth-order valence-corrected chi connectivity index (χ4v) is 2.28. The average Bonchev–Trinajstić information content (AvgIpc) is 2.64. The summed E-state index contributed by atoms with van der Waals surface area (Å²) in [5.74, 6) is -0.913. The first kappa shape index (κ1) is 9.84. The zero-order valence-electron chi connectivity index (χ0n) is 9.21. The van der Waals surface area contributed by atoms with Crippen molar-refractivity contribution in [1.82, 2.24) is 9.55 Å². The summed E-state index contributed by atoms with van der Waals surface area (Å²) >= 11 is 0. The number of fused-ring (bicyclic) bond motifs is 3. The predicted molar refractivity (Wildman–Crippen MR) is 64.3 cm³/mol. The molecule has 84 valence electrons. The molecule has 0 radical (unpaired) electrons. The van der Waals surface area contributed by atoms with Crippen LogP contribution in [-0.4, -0.2) is 20.6 Å². The van der Waals surface area contributed by atoms with Gasteiger partial charge in [0.05, 0.1) is 16.8 Å². The molecule has 0 bridgehead atoms. The van der Waals surface area contributed by atoms with Crippen molar-refractivity contribution >= 4 is 16.9 Å². The molecule has 3 rings (SSSR count). The van der Waals surface area contributed by atoms with Crippen molar-refractivity contribution in [3.8, 4) is 11.3 Å². The summed E-state index contributed by atoms with van der Waals surface area (Å²) < 4.78 is 1.90. The number of carboxylic acids is 1. The smallest absolute Gasteiger partial charge is 0.337 e. The van der Waals surface area contributed by atoms with Crippen LogP contribution in [0.1, 0.15) is 10.4 Å². The third-order valence-electron chi connectivity index (χ3n) is 2.96. The van der Waals surface area contributed by atoms with Gasteiger partial charge in [-0.25, -0.2) is 4.79 Å². The van der Waals surface area contributed by atoms with Crippen molar-refractivity contribution in [2.75, 3.05) is 0 Å². The van der Waals surface area contributed by atoms with Crippen LogP contribution in [0.3, 0.4) is 0 Å². The molecular formula is C13H10N2O2. The summed E-state index contributed by atoms with van der Waals surface area (Å²) in [7, 11) is 1.89. The zero-order chi connectivity index (χ0) is 12.0. The van der Waals surface area contributed by atoms with Gasteiger partial charge < -0.3 is 9.67 Å². The normalized spacial score (nSPS) is 11.1.